The minimum absolute atomic E-state index is 0.0331. The summed E-state index contributed by atoms with van der Waals surface area (Å²) in [4.78, 5) is 13.9. The van der Waals surface area contributed by atoms with E-state index >= 15 is 0 Å². The van der Waals surface area contributed by atoms with E-state index in [1.54, 1.807) is 29.2 Å². The highest BCUT2D eigenvalue weighted by atomic mass is 16.3. The molecule has 0 spiro atoms. The molecule has 0 saturated heterocycles. The Kier molecular flexibility index (Phi) is 4.76. The molecule has 0 aliphatic carbocycles. The van der Waals surface area contributed by atoms with Gasteiger partial charge in [-0.25, -0.2) is 0 Å². The number of carbonyl (C=O) groups excluding carboxylic acids is 1. The Hall–Kier alpha value is -1.77. The van der Waals surface area contributed by atoms with E-state index in [9.17, 15) is 9.90 Å². The molecule has 0 heterocycles. The monoisotopic (exact) mass is 233 g/mol. The van der Waals surface area contributed by atoms with Crippen LogP contribution in [0.25, 0.3) is 0 Å². The second-order valence-electron chi connectivity index (χ2n) is 4.06. The first-order chi connectivity index (χ1) is 8.10. The van der Waals surface area contributed by atoms with Gasteiger partial charge in [0.05, 0.1) is 5.56 Å². The average Bonchev–Trinajstić information content (AvgIpc) is 2.31. The maximum absolute atomic E-state index is 12.2. The van der Waals surface area contributed by atoms with Crippen molar-refractivity contribution in [3.63, 3.8) is 0 Å². The van der Waals surface area contributed by atoms with Crippen molar-refractivity contribution in [3.8, 4) is 5.75 Å². The van der Waals surface area contributed by atoms with Gasteiger partial charge in [0.25, 0.3) is 5.91 Å². The third kappa shape index (κ3) is 3.34. The van der Waals surface area contributed by atoms with Crippen LogP contribution < -0.4 is 0 Å². The quantitative estimate of drug-likeness (QED) is 0.794. The molecule has 1 rings (SSSR count). The molecular formula is C14H19NO2. The molecule has 0 unspecified atom stereocenters. The van der Waals surface area contributed by atoms with Gasteiger partial charge in [0.1, 0.15) is 5.75 Å². The van der Waals surface area contributed by atoms with Crippen LogP contribution in [0.4, 0.5) is 0 Å². The van der Waals surface area contributed by atoms with Crippen LogP contribution in [0.1, 0.15) is 29.3 Å². The third-order valence-electron chi connectivity index (χ3n) is 2.51. The zero-order valence-electron chi connectivity index (χ0n) is 10.4. The fourth-order valence-electron chi connectivity index (χ4n) is 1.69. The maximum atomic E-state index is 12.2. The zero-order chi connectivity index (χ0) is 12.8. The molecule has 1 aromatic rings. The lowest BCUT2D eigenvalue weighted by Gasteiger charge is -2.21. The van der Waals surface area contributed by atoms with Crippen LogP contribution >= 0.6 is 0 Å². The van der Waals surface area contributed by atoms with Crippen LogP contribution in [0.3, 0.4) is 0 Å². The van der Waals surface area contributed by atoms with Crippen molar-refractivity contribution < 1.29 is 9.90 Å². The van der Waals surface area contributed by atoms with Crippen molar-refractivity contribution in [2.45, 2.75) is 20.3 Å². The van der Waals surface area contributed by atoms with E-state index in [-0.39, 0.29) is 11.7 Å². The number of phenolic OH excluding ortho intramolecular Hbond substituents is 1. The molecule has 0 bridgehead atoms. The summed E-state index contributed by atoms with van der Waals surface area (Å²) in [5, 5.41) is 9.72. The predicted octanol–water partition coefficient (Wildman–Crippen LogP) is 2.74. The smallest absolute Gasteiger partial charge is 0.257 e. The highest BCUT2D eigenvalue weighted by Crippen LogP contribution is 2.20. The Balaban J connectivity index is 2.99. The van der Waals surface area contributed by atoms with Gasteiger partial charge in [-0.1, -0.05) is 24.6 Å². The summed E-state index contributed by atoms with van der Waals surface area (Å²) in [6, 6.07) is 5.05. The lowest BCUT2D eigenvalue weighted by Crippen LogP contribution is -2.32. The Bertz CT molecular complexity index is 413. The van der Waals surface area contributed by atoms with Gasteiger partial charge in [-0.2, -0.15) is 0 Å². The van der Waals surface area contributed by atoms with E-state index in [4.69, 9.17) is 0 Å². The standard InChI is InChI=1S/C14H19NO2/c1-4-8-15(9-5-2)14(17)12-10-11(3)6-7-13(12)16/h4,6-7,10,16H,1,5,8-9H2,2-3H3. The SMILES string of the molecule is C=CCN(CCC)C(=O)c1cc(C)ccc1O. The van der Waals surface area contributed by atoms with Gasteiger partial charge in [-0.15, -0.1) is 6.58 Å². The fraction of sp³-hybridized carbons (Fsp3) is 0.357. The first-order valence-electron chi connectivity index (χ1n) is 5.80. The summed E-state index contributed by atoms with van der Waals surface area (Å²) >= 11 is 0. The summed E-state index contributed by atoms with van der Waals surface area (Å²) in [5.41, 5.74) is 1.32. The van der Waals surface area contributed by atoms with E-state index in [2.05, 4.69) is 6.58 Å². The van der Waals surface area contributed by atoms with Crippen LogP contribution in [0.2, 0.25) is 0 Å². The number of rotatable bonds is 5. The normalized spacial score (nSPS) is 10.0. The van der Waals surface area contributed by atoms with Crippen LogP contribution in [0.5, 0.6) is 5.75 Å². The van der Waals surface area contributed by atoms with E-state index in [1.165, 1.54) is 0 Å². The van der Waals surface area contributed by atoms with Crippen molar-refractivity contribution in [1.82, 2.24) is 4.90 Å². The first kappa shape index (κ1) is 13.3. The average molecular weight is 233 g/mol. The van der Waals surface area contributed by atoms with Gasteiger partial charge in [0, 0.05) is 13.1 Å². The lowest BCUT2D eigenvalue weighted by atomic mass is 10.1. The van der Waals surface area contributed by atoms with Gasteiger partial charge >= 0.3 is 0 Å². The summed E-state index contributed by atoms with van der Waals surface area (Å²) in [5.74, 6) is -0.112. The van der Waals surface area contributed by atoms with Crippen molar-refractivity contribution in [3.05, 3.63) is 42.0 Å². The third-order valence-corrected chi connectivity index (χ3v) is 2.51. The van der Waals surface area contributed by atoms with Gasteiger partial charge in [-0.05, 0) is 25.5 Å². The molecule has 0 saturated carbocycles. The molecule has 1 aromatic carbocycles. The second-order valence-corrected chi connectivity index (χ2v) is 4.06. The molecule has 0 aliphatic rings. The minimum atomic E-state index is -0.145. The summed E-state index contributed by atoms with van der Waals surface area (Å²) < 4.78 is 0. The molecule has 3 nitrogen and oxygen atoms in total. The van der Waals surface area contributed by atoms with Crippen LogP contribution in [0, 0.1) is 6.92 Å². The number of carbonyl (C=O) groups is 1. The van der Waals surface area contributed by atoms with Crippen molar-refractivity contribution >= 4 is 5.91 Å². The van der Waals surface area contributed by atoms with Crippen LogP contribution in [0.15, 0.2) is 30.9 Å². The Morgan fingerprint density at radius 1 is 1.53 bits per heavy atom. The second kappa shape index (κ2) is 6.09. The molecule has 3 heteroatoms. The highest BCUT2D eigenvalue weighted by molar-refractivity contribution is 5.97. The van der Waals surface area contributed by atoms with Gasteiger partial charge < -0.3 is 10.0 Å². The molecule has 92 valence electrons. The maximum Gasteiger partial charge on any atom is 0.257 e. The largest absolute Gasteiger partial charge is 0.507 e. The number of hydrogen-bond acceptors (Lipinski definition) is 2. The van der Waals surface area contributed by atoms with Crippen LogP contribution in [-0.2, 0) is 0 Å². The molecule has 17 heavy (non-hydrogen) atoms. The van der Waals surface area contributed by atoms with Gasteiger partial charge in [0.15, 0.2) is 0 Å². The number of phenols is 1. The van der Waals surface area contributed by atoms with Gasteiger partial charge in [-0.3, -0.25) is 4.79 Å². The summed E-state index contributed by atoms with van der Waals surface area (Å²) in [6.45, 7) is 8.72. The number of benzene rings is 1. The number of aryl methyl sites for hydroxylation is 1. The van der Waals surface area contributed by atoms with E-state index in [1.807, 2.05) is 13.8 Å². The Morgan fingerprint density at radius 2 is 2.24 bits per heavy atom. The Morgan fingerprint density at radius 3 is 2.82 bits per heavy atom. The summed E-state index contributed by atoms with van der Waals surface area (Å²) in [7, 11) is 0. The molecule has 0 aliphatic heterocycles. The van der Waals surface area contributed by atoms with Crippen LogP contribution in [-0.4, -0.2) is 29.0 Å². The fourth-order valence-corrected chi connectivity index (χ4v) is 1.69. The molecular weight excluding hydrogens is 214 g/mol. The molecule has 0 aromatic heterocycles. The summed E-state index contributed by atoms with van der Waals surface area (Å²) in [6.07, 6.45) is 2.58. The van der Waals surface area contributed by atoms with E-state index in [0.29, 0.717) is 18.7 Å². The van der Waals surface area contributed by atoms with Gasteiger partial charge in [0.2, 0.25) is 0 Å². The number of nitrogens with zero attached hydrogens (tertiary/aromatic N) is 1. The minimum Gasteiger partial charge on any atom is -0.507 e. The number of amides is 1. The number of aromatic hydroxyl groups is 1. The lowest BCUT2D eigenvalue weighted by molar-refractivity contribution is 0.0771. The molecule has 0 atom stereocenters. The van der Waals surface area contributed by atoms with E-state index < -0.39 is 0 Å². The number of hydrogen-bond donors (Lipinski definition) is 1. The predicted molar refractivity (Wildman–Crippen MR) is 69.2 cm³/mol. The first-order valence-corrected chi connectivity index (χ1v) is 5.80. The Labute approximate surface area is 102 Å². The zero-order valence-corrected chi connectivity index (χ0v) is 10.4. The topological polar surface area (TPSA) is 40.5 Å². The van der Waals surface area contributed by atoms with Crippen molar-refractivity contribution in [2.75, 3.05) is 13.1 Å². The van der Waals surface area contributed by atoms with Crippen molar-refractivity contribution in [1.29, 1.82) is 0 Å². The molecule has 1 N–H and O–H groups in total. The molecule has 1 amide bonds. The van der Waals surface area contributed by atoms with E-state index in [0.717, 1.165) is 12.0 Å². The van der Waals surface area contributed by atoms with Crippen molar-refractivity contribution in [2.24, 2.45) is 0 Å². The molecule has 0 fully saturated rings. The molecule has 0 radical (unpaired) electrons. The highest BCUT2D eigenvalue weighted by Gasteiger charge is 2.17.